The SMILES string of the molecule is O=C(CN(C(=O)c1ccc([N+](=O)[O-])cc1)N1C(=O)[C@@H]2[C@H]3C=C[C@@H]([C@@H]4C[C@H]34)[C@H]2C1=O)c1ccc(Cl)cc1Cl. The zero-order valence-corrected chi connectivity index (χ0v) is 20.6. The molecule has 6 atom stereocenters. The van der Waals surface area contributed by atoms with Gasteiger partial charge in [-0.2, -0.15) is 5.01 Å². The van der Waals surface area contributed by atoms with Gasteiger partial charge in [0.05, 0.1) is 21.8 Å². The molecular weight excluding hydrogens is 521 g/mol. The lowest BCUT2D eigenvalue weighted by Gasteiger charge is -2.37. The van der Waals surface area contributed by atoms with Crippen molar-refractivity contribution in [1.29, 1.82) is 0 Å². The maximum atomic E-state index is 13.7. The molecule has 3 amide bonds. The van der Waals surface area contributed by atoms with E-state index in [2.05, 4.69) is 0 Å². The number of Topliss-reactive ketones (excluding diaryl/α,β-unsaturated/α-hetero) is 1. The fourth-order valence-corrected chi connectivity index (χ4v) is 6.74. The Balaban J connectivity index is 1.37. The number of imide groups is 1. The number of amides is 3. The van der Waals surface area contributed by atoms with E-state index in [1.54, 1.807) is 0 Å². The molecule has 0 unspecified atom stereocenters. The first-order valence-electron chi connectivity index (χ1n) is 11.8. The van der Waals surface area contributed by atoms with Gasteiger partial charge in [0, 0.05) is 28.3 Å². The molecule has 0 spiro atoms. The normalized spacial score (nSPS) is 28.6. The summed E-state index contributed by atoms with van der Waals surface area (Å²) in [6.07, 6.45) is 5.00. The lowest BCUT2D eigenvalue weighted by molar-refractivity contribution is -0.384. The smallest absolute Gasteiger partial charge is 0.273 e. The summed E-state index contributed by atoms with van der Waals surface area (Å²) in [6, 6.07) is 9.02. The summed E-state index contributed by atoms with van der Waals surface area (Å²) in [7, 11) is 0. The molecule has 1 saturated heterocycles. The van der Waals surface area contributed by atoms with Crippen LogP contribution in [0.1, 0.15) is 27.1 Å². The summed E-state index contributed by atoms with van der Waals surface area (Å²) in [4.78, 5) is 64.8. The van der Waals surface area contributed by atoms with Gasteiger partial charge in [-0.1, -0.05) is 35.4 Å². The minimum atomic E-state index is -0.806. The monoisotopic (exact) mass is 539 g/mol. The number of hydrogen-bond donors (Lipinski definition) is 0. The molecule has 2 aromatic carbocycles. The number of rotatable bonds is 6. The second-order valence-electron chi connectivity index (χ2n) is 9.86. The summed E-state index contributed by atoms with van der Waals surface area (Å²) in [5.41, 5.74) is -0.166. The standard InChI is InChI=1S/C26H19Cl2N3O6/c27-13-3-6-17(20(28)9-13)21(32)11-29(24(33)12-1-4-14(5-2-12)31(36)37)30-25(34)22-15-7-8-16(19-10-18(15)19)23(22)26(30)35/h1-9,15-16,18-19,22-23H,10-11H2/t15-,16-,18-,19+,22+,23+/m0/s1. The molecule has 7 rings (SSSR count). The van der Waals surface area contributed by atoms with Crippen molar-refractivity contribution in [1.82, 2.24) is 10.0 Å². The van der Waals surface area contributed by atoms with Crippen LogP contribution in [0.3, 0.4) is 0 Å². The second-order valence-corrected chi connectivity index (χ2v) is 10.7. The molecule has 2 bridgehead atoms. The average molecular weight is 540 g/mol. The molecule has 37 heavy (non-hydrogen) atoms. The summed E-state index contributed by atoms with van der Waals surface area (Å²) < 4.78 is 0. The highest BCUT2D eigenvalue weighted by Crippen LogP contribution is 2.65. The zero-order chi connectivity index (χ0) is 26.2. The van der Waals surface area contributed by atoms with Gasteiger partial charge in [-0.15, -0.1) is 0 Å². The highest BCUT2D eigenvalue weighted by molar-refractivity contribution is 6.37. The summed E-state index contributed by atoms with van der Waals surface area (Å²) in [5, 5.41) is 13.1. The number of carbonyl (C=O) groups is 4. The van der Waals surface area contributed by atoms with Gasteiger partial charge in [-0.05, 0) is 60.4 Å². The van der Waals surface area contributed by atoms with Crippen molar-refractivity contribution < 1.29 is 24.1 Å². The quantitative estimate of drug-likeness (QED) is 0.178. The number of carbonyl (C=O) groups excluding carboxylic acids is 4. The fraction of sp³-hybridized carbons (Fsp3) is 0.308. The van der Waals surface area contributed by atoms with E-state index in [0.717, 1.165) is 28.6 Å². The van der Waals surface area contributed by atoms with E-state index in [4.69, 9.17) is 23.2 Å². The van der Waals surface area contributed by atoms with Gasteiger partial charge in [0.2, 0.25) is 0 Å². The highest BCUT2D eigenvalue weighted by Gasteiger charge is 2.68. The summed E-state index contributed by atoms with van der Waals surface area (Å²) in [5.74, 6) is -2.99. The third-order valence-electron chi connectivity index (χ3n) is 7.97. The Morgan fingerprint density at radius 2 is 1.57 bits per heavy atom. The molecule has 5 aliphatic rings. The van der Waals surface area contributed by atoms with Gasteiger partial charge < -0.3 is 0 Å². The Hall–Kier alpha value is -3.56. The van der Waals surface area contributed by atoms with Crippen LogP contribution in [0.4, 0.5) is 5.69 Å². The van der Waals surface area contributed by atoms with Crippen LogP contribution in [0.25, 0.3) is 0 Å². The van der Waals surface area contributed by atoms with Crippen molar-refractivity contribution in [3.05, 3.63) is 85.9 Å². The Morgan fingerprint density at radius 1 is 0.973 bits per heavy atom. The van der Waals surface area contributed by atoms with Crippen LogP contribution in [-0.2, 0) is 9.59 Å². The number of nitro groups is 1. The number of nitrogens with zero attached hydrogens (tertiary/aromatic N) is 3. The van der Waals surface area contributed by atoms with E-state index in [9.17, 15) is 29.3 Å². The van der Waals surface area contributed by atoms with Gasteiger partial charge in [-0.3, -0.25) is 29.3 Å². The van der Waals surface area contributed by atoms with Crippen molar-refractivity contribution in [2.45, 2.75) is 6.42 Å². The zero-order valence-electron chi connectivity index (χ0n) is 19.1. The first-order chi connectivity index (χ1) is 17.7. The lowest BCUT2D eigenvalue weighted by atomic mass is 9.63. The number of benzene rings is 2. The maximum Gasteiger partial charge on any atom is 0.273 e. The van der Waals surface area contributed by atoms with Crippen LogP contribution in [-0.4, -0.2) is 45.0 Å². The molecule has 2 saturated carbocycles. The third kappa shape index (κ3) is 3.67. The molecule has 188 valence electrons. The molecule has 2 aromatic rings. The first-order valence-corrected chi connectivity index (χ1v) is 12.5. The van der Waals surface area contributed by atoms with E-state index in [-0.39, 0.29) is 33.7 Å². The van der Waals surface area contributed by atoms with E-state index >= 15 is 0 Å². The summed E-state index contributed by atoms with van der Waals surface area (Å²) in [6.45, 7) is -0.635. The number of hydrazine groups is 1. The molecule has 1 heterocycles. The third-order valence-corrected chi connectivity index (χ3v) is 8.51. The number of allylic oxidation sites excluding steroid dienone is 2. The second kappa shape index (κ2) is 8.49. The number of nitro benzene ring substituents is 1. The topological polar surface area (TPSA) is 118 Å². The van der Waals surface area contributed by atoms with Crippen LogP contribution in [0, 0.1) is 45.6 Å². The highest BCUT2D eigenvalue weighted by atomic mass is 35.5. The fourth-order valence-electron chi connectivity index (χ4n) is 6.22. The Morgan fingerprint density at radius 3 is 2.11 bits per heavy atom. The Kier molecular flexibility index (Phi) is 5.47. The van der Waals surface area contributed by atoms with E-state index < -0.39 is 46.8 Å². The van der Waals surface area contributed by atoms with Crippen LogP contribution in [0.15, 0.2) is 54.6 Å². The van der Waals surface area contributed by atoms with Crippen molar-refractivity contribution in [3.63, 3.8) is 0 Å². The molecule has 0 radical (unpaired) electrons. The number of halogens is 2. The average Bonchev–Trinajstić information content (AvgIpc) is 3.65. The predicted octanol–water partition coefficient (Wildman–Crippen LogP) is 4.19. The van der Waals surface area contributed by atoms with Crippen LogP contribution < -0.4 is 0 Å². The van der Waals surface area contributed by atoms with E-state index in [0.29, 0.717) is 16.9 Å². The Labute approximate surface area is 220 Å². The molecule has 1 aliphatic heterocycles. The molecule has 4 aliphatic carbocycles. The number of hydrogen-bond acceptors (Lipinski definition) is 6. The van der Waals surface area contributed by atoms with Crippen LogP contribution >= 0.6 is 23.2 Å². The first kappa shape index (κ1) is 23.8. The summed E-state index contributed by atoms with van der Waals surface area (Å²) >= 11 is 12.1. The van der Waals surface area contributed by atoms with Gasteiger partial charge in [0.25, 0.3) is 23.4 Å². The predicted molar refractivity (Wildman–Crippen MR) is 131 cm³/mol. The number of ketones is 1. The van der Waals surface area contributed by atoms with Gasteiger partial charge >= 0.3 is 0 Å². The van der Waals surface area contributed by atoms with E-state index in [1.807, 2.05) is 12.2 Å². The number of non-ortho nitro benzene ring substituents is 1. The van der Waals surface area contributed by atoms with Crippen molar-refractivity contribution in [2.75, 3.05) is 6.54 Å². The molecular formula is C26H19Cl2N3O6. The van der Waals surface area contributed by atoms with Crippen LogP contribution in [0.2, 0.25) is 10.0 Å². The maximum absolute atomic E-state index is 13.7. The molecule has 0 N–H and O–H groups in total. The van der Waals surface area contributed by atoms with Crippen LogP contribution in [0.5, 0.6) is 0 Å². The molecule has 0 aromatic heterocycles. The lowest BCUT2D eigenvalue weighted by Crippen LogP contribution is -2.52. The van der Waals surface area contributed by atoms with Gasteiger partial charge in [0.15, 0.2) is 5.78 Å². The minimum Gasteiger partial charge on any atom is -0.292 e. The largest absolute Gasteiger partial charge is 0.292 e. The van der Waals surface area contributed by atoms with Crippen molar-refractivity contribution in [3.8, 4) is 0 Å². The minimum absolute atomic E-state index is 0.0139. The Bertz CT molecular complexity index is 1390. The van der Waals surface area contributed by atoms with Gasteiger partial charge in [0.1, 0.15) is 6.54 Å². The van der Waals surface area contributed by atoms with Crippen molar-refractivity contribution in [2.24, 2.45) is 35.5 Å². The van der Waals surface area contributed by atoms with E-state index in [1.165, 1.54) is 30.3 Å². The molecule has 9 nitrogen and oxygen atoms in total. The van der Waals surface area contributed by atoms with Crippen molar-refractivity contribution >= 4 is 52.4 Å². The molecule has 11 heteroatoms. The molecule has 3 fully saturated rings. The van der Waals surface area contributed by atoms with Gasteiger partial charge in [-0.25, -0.2) is 5.01 Å².